The fourth-order valence-corrected chi connectivity index (χ4v) is 3.11. The van der Waals surface area contributed by atoms with E-state index in [-0.39, 0.29) is 16.7 Å². The lowest BCUT2D eigenvalue weighted by Gasteiger charge is -2.17. The number of hydrogen-bond donors (Lipinski definition) is 2. The van der Waals surface area contributed by atoms with Crippen molar-refractivity contribution in [3.8, 4) is 0 Å². The molecule has 0 fully saturated rings. The van der Waals surface area contributed by atoms with Crippen molar-refractivity contribution < 1.29 is 13.2 Å². The van der Waals surface area contributed by atoms with Crippen LogP contribution in [0.2, 0.25) is 0 Å². The third-order valence-electron chi connectivity index (χ3n) is 3.58. The number of nitrogens with one attached hydrogen (secondary N) is 2. The molecule has 21 heavy (non-hydrogen) atoms. The van der Waals surface area contributed by atoms with Crippen LogP contribution in [0.5, 0.6) is 0 Å². The van der Waals surface area contributed by atoms with Crippen molar-refractivity contribution in [1.82, 2.24) is 10.0 Å². The van der Waals surface area contributed by atoms with Gasteiger partial charge in [0.25, 0.3) is 0 Å². The molecule has 0 unspecified atom stereocenters. The van der Waals surface area contributed by atoms with Gasteiger partial charge in [0.15, 0.2) is 0 Å². The summed E-state index contributed by atoms with van der Waals surface area (Å²) in [4.78, 5) is 12.2. The summed E-state index contributed by atoms with van der Waals surface area (Å²) < 4.78 is 25.7. The van der Waals surface area contributed by atoms with Crippen LogP contribution in [0.4, 0.5) is 0 Å². The van der Waals surface area contributed by atoms with Gasteiger partial charge in [0.05, 0.1) is 4.90 Å². The summed E-state index contributed by atoms with van der Waals surface area (Å²) in [6.45, 7) is 0.339. The van der Waals surface area contributed by atoms with E-state index in [1.54, 1.807) is 18.2 Å². The predicted octanol–water partition coefficient (Wildman–Crippen LogP) is 1.57. The van der Waals surface area contributed by atoms with Gasteiger partial charge in [-0.1, -0.05) is 24.3 Å². The first-order valence-corrected chi connectivity index (χ1v) is 8.46. The zero-order valence-corrected chi connectivity index (χ0v) is 12.8. The zero-order valence-electron chi connectivity index (χ0n) is 12.0. The van der Waals surface area contributed by atoms with E-state index in [4.69, 9.17) is 0 Å². The highest BCUT2D eigenvalue weighted by Gasteiger charge is 2.18. The molecule has 5 nitrogen and oxygen atoms in total. The van der Waals surface area contributed by atoms with Crippen LogP contribution in [0, 0.1) is 5.92 Å². The van der Waals surface area contributed by atoms with E-state index in [1.807, 2.05) is 6.08 Å². The van der Waals surface area contributed by atoms with E-state index < -0.39 is 10.0 Å². The molecule has 114 valence electrons. The second kappa shape index (κ2) is 6.87. The first kappa shape index (κ1) is 15.7. The molecule has 1 aliphatic rings. The van der Waals surface area contributed by atoms with E-state index in [0.717, 1.165) is 24.8 Å². The van der Waals surface area contributed by atoms with Gasteiger partial charge in [-0.25, -0.2) is 13.1 Å². The minimum absolute atomic E-state index is 0.0271. The molecule has 1 aromatic rings. The smallest absolute Gasteiger partial charge is 0.240 e. The van der Waals surface area contributed by atoms with Gasteiger partial charge < -0.3 is 5.32 Å². The van der Waals surface area contributed by atoms with Crippen molar-refractivity contribution in [3.05, 3.63) is 42.0 Å². The minimum atomic E-state index is -3.45. The summed E-state index contributed by atoms with van der Waals surface area (Å²) in [6.07, 6.45) is 6.72. The maximum absolute atomic E-state index is 12.0. The van der Waals surface area contributed by atoms with E-state index >= 15 is 0 Å². The number of allylic oxidation sites excluding steroid dienone is 2. The molecule has 0 spiro atoms. The Labute approximate surface area is 125 Å². The molecular weight excluding hydrogens is 288 g/mol. The highest BCUT2D eigenvalue weighted by molar-refractivity contribution is 7.89. The van der Waals surface area contributed by atoms with E-state index in [2.05, 4.69) is 16.1 Å². The number of amides is 1. The molecule has 0 radical (unpaired) electrons. The Kier molecular flexibility index (Phi) is 5.14. The Morgan fingerprint density at radius 3 is 2.81 bits per heavy atom. The highest BCUT2D eigenvalue weighted by Crippen LogP contribution is 2.18. The monoisotopic (exact) mass is 308 g/mol. The van der Waals surface area contributed by atoms with Gasteiger partial charge in [-0.3, -0.25) is 4.79 Å². The van der Waals surface area contributed by atoms with Crippen LogP contribution < -0.4 is 10.0 Å². The SMILES string of the molecule is CNS(=O)(=O)c1cccc(CNC(=O)[C@@H]2CC=CCC2)c1. The number of carbonyl (C=O) groups is 1. The van der Waals surface area contributed by atoms with Crippen LogP contribution in [0.3, 0.4) is 0 Å². The lowest BCUT2D eigenvalue weighted by Crippen LogP contribution is -2.30. The van der Waals surface area contributed by atoms with Crippen LogP contribution in [-0.2, 0) is 21.4 Å². The molecule has 0 bridgehead atoms. The van der Waals surface area contributed by atoms with Crippen LogP contribution >= 0.6 is 0 Å². The standard InChI is InChI=1S/C15H20N2O3S/c1-16-21(19,20)14-9-5-6-12(10-14)11-17-15(18)13-7-3-2-4-8-13/h2-3,5-6,9-10,13,16H,4,7-8,11H2,1H3,(H,17,18)/t13-/m1/s1. The van der Waals surface area contributed by atoms with Crippen LogP contribution in [-0.4, -0.2) is 21.4 Å². The molecular formula is C15H20N2O3S. The molecule has 0 heterocycles. The molecule has 2 rings (SSSR count). The molecule has 0 aliphatic heterocycles. The number of carbonyl (C=O) groups excluding carboxylic acids is 1. The Balaban J connectivity index is 1.99. The van der Waals surface area contributed by atoms with Crippen molar-refractivity contribution in [3.63, 3.8) is 0 Å². The molecule has 2 N–H and O–H groups in total. The van der Waals surface area contributed by atoms with E-state index in [0.29, 0.717) is 6.54 Å². The quantitative estimate of drug-likeness (QED) is 0.811. The number of rotatable bonds is 5. The van der Waals surface area contributed by atoms with Gasteiger partial charge >= 0.3 is 0 Å². The van der Waals surface area contributed by atoms with Crippen molar-refractivity contribution in [2.45, 2.75) is 30.7 Å². The Hall–Kier alpha value is -1.66. The topological polar surface area (TPSA) is 75.3 Å². The largest absolute Gasteiger partial charge is 0.352 e. The molecule has 6 heteroatoms. The molecule has 1 atom stereocenters. The lowest BCUT2D eigenvalue weighted by atomic mass is 9.93. The van der Waals surface area contributed by atoms with Crippen LogP contribution in [0.15, 0.2) is 41.3 Å². The highest BCUT2D eigenvalue weighted by atomic mass is 32.2. The van der Waals surface area contributed by atoms with Gasteiger partial charge in [0.1, 0.15) is 0 Å². The number of benzene rings is 1. The molecule has 1 amide bonds. The maximum Gasteiger partial charge on any atom is 0.240 e. The lowest BCUT2D eigenvalue weighted by molar-refractivity contribution is -0.125. The molecule has 0 saturated heterocycles. The van der Waals surface area contributed by atoms with Crippen molar-refractivity contribution >= 4 is 15.9 Å². The van der Waals surface area contributed by atoms with Gasteiger partial charge in [0, 0.05) is 12.5 Å². The van der Waals surface area contributed by atoms with Crippen LogP contribution in [0.25, 0.3) is 0 Å². The average Bonchev–Trinajstić information content (AvgIpc) is 2.53. The van der Waals surface area contributed by atoms with Crippen molar-refractivity contribution in [2.24, 2.45) is 5.92 Å². The zero-order chi connectivity index (χ0) is 15.3. The van der Waals surface area contributed by atoms with E-state index in [9.17, 15) is 13.2 Å². The predicted molar refractivity (Wildman–Crippen MR) is 81.0 cm³/mol. The third kappa shape index (κ3) is 4.15. The van der Waals surface area contributed by atoms with Crippen molar-refractivity contribution in [2.75, 3.05) is 7.05 Å². The third-order valence-corrected chi connectivity index (χ3v) is 5.00. The summed E-state index contributed by atoms with van der Waals surface area (Å²) in [5.41, 5.74) is 0.769. The number of hydrogen-bond acceptors (Lipinski definition) is 3. The summed E-state index contributed by atoms with van der Waals surface area (Å²) >= 11 is 0. The van der Waals surface area contributed by atoms with Gasteiger partial charge in [-0.05, 0) is 44.0 Å². The summed E-state index contributed by atoms with van der Waals surface area (Å²) in [7, 11) is -2.08. The summed E-state index contributed by atoms with van der Waals surface area (Å²) in [6, 6.07) is 6.58. The molecule has 0 saturated carbocycles. The fraction of sp³-hybridized carbons (Fsp3) is 0.400. The van der Waals surface area contributed by atoms with Gasteiger partial charge in [-0.2, -0.15) is 0 Å². The Bertz CT molecular complexity index is 638. The second-order valence-corrected chi connectivity index (χ2v) is 6.94. The maximum atomic E-state index is 12.0. The fourth-order valence-electron chi connectivity index (χ4n) is 2.31. The molecule has 1 aromatic carbocycles. The van der Waals surface area contributed by atoms with E-state index in [1.165, 1.54) is 13.1 Å². The average molecular weight is 308 g/mol. The Morgan fingerprint density at radius 1 is 1.33 bits per heavy atom. The first-order valence-electron chi connectivity index (χ1n) is 6.98. The van der Waals surface area contributed by atoms with Crippen molar-refractivity contribution in [1.29, 1.82) is 0 Å². The van der Waals surface area contributed by atoms with Crippen LogP contribution in [0.1, 0.15) is 24.8 Å². The second-order valence-electron chi connectivity index (χ2n) is 5.05. The summed E-state index contributed by atoms with van der Waals surface area (Å²) in [5.74, 6) is 0.0560. The summed E-state index contributed by atoms with van der Waals surface area (Å²) in [5, 5.41) is 2.88. The normalized spacial score (nSPS) is 18.4. The van der Waals surface area contributed by atoms with Gasteiger partial charge in [0.2, 0.25) is 15.9 Å². The Morgan fingerprint density at radius 2 is 2.14 bits per heavy atom. The van der Waals surface area contributed by atoms with Gasteiger partial charge in [-0.15, -0.1) is 0 Å². The molecule has 1 aliphatic carbocycles. The number of sulfonamides is 1. The first-order chi connectivity index (χ1) is 10.0. The molecule has 0 aromatic heterocycles. The minimum Gasteiger partial charge on any atom is -0.352 e.